The Morgan fingerprint density at radius 1 is 1.38 bits per heavy atom. The monoisotopic (exact) mass is 356 g/mol. The Bertz CT molecular complexity index is 687. The molecule has 4 heteroatoms. The third kappa shape index (κ3) is 9.58. The topological polar surface area (TPSA) is 41.5 Å². The van der Waals surface area contributed by atoms with Crippen LogP contribution < -0.4 is 5.32 Å². The first-order chi connectivity index (χ1) is 12.2. The number of carbonyl (C=O) groups excluding carboxylic acids is 1. The van der Waals surface area contributed by atoms with Gasteiger partial charge in [0.2, 0.25) is 0 Å². The van der Waals surface area contributed by atoms with E-state index in [-0.39, 0.29) is 24.0 Å². The number of terminal acetylenes is 1. The van der Waals surface area contributed by atoms with Crippen molar-refractivity contribution in [1.82, 2.24) is 5.32 Å². The Morgan fingerprint density at radius 3 is 2.54 bits per heavy atom. The van der Waals surface area contributed by atoms with Crippen molar-refractivity contribution >= 4 is 11.6 Å². The largest absolute Gasteiger partial charge is 0.349 e. The van der Waals surface area contributed by atoms with Gasteiger partial charge < -0.3 is 5.32 Å². The van der Waals surface area contributed by atoms with Crippen LogP contribution in [0.15, 0.2) is 65.1 Å². The molecular weight excluding hydrogens is 327 g/mol. The zero-order chi connectivity index (χ0) is 20.1. The van der Waals surface area contributed by atoms with Crippen molar-refractivity contribution in [3.05, 3.63) is 60.1 Å². The molecule has 1 N–H and O–H groups in total. The van der Waals surface area contributed by atoms with Gasteiger partial charge in [0, 0.05) is 12.2 Å². The van der Waals surface area contributed by atoms with Gasteiger partial charge in [-0.2, -0.15) is 0 Å². The van der Waals surface area contributed by atoms with Gasteiger partial charge in [-0.1, -0.05) is 37.1 Å². The lowest BCUT2D eigenvalue weighted by Crippen LogP contribution is -2.33. The molecule has 0 aromatic carbocycles. The summed E-state index contributed by atoms with van der Waals surface area (Å²) in [5.74, 6) is 1.46. The van der Waals surface area contributed by atoms with E-state index in [0.717, 1.165) is 5.57 Å². The standard InChI is InChI=1S/C22H29FN2O/c1-8-11-17(6)14-21(25-16(4)5)22(26)24-15-19(10-3)12-13-20(23)18(7)9-2/h3,8,12-14,19H,1,4,9,11,15H2,2,5-7H3,(H,24,26)/b13-12-,17-14+,20-18-,25-21?. The zero-order valence-electron chi connectivity index (χ0n) is 16.2. The summed E-state index contributed by atoms with van der Waals surface area (Å²) in [6, 6.07) is 0. The molecule has 3 nitrogen and oxygen atoms in total. The second kappa shape index (κ2) is 12.7. The van der Waals surface area contributed by atoms with Crippen LogP contribution in [-0.2, 0) is 4.79 Å². The van der Waals surface area contributed by atoms with Crippen LogP contribution in [0.2, 0.25) is 0 Å². The minimum absolute atomic E-state index is 0.188. The molecule has 0 heterocycles. The summed E-state index contributed by atoms with van der Waals surface area (Å²) in [6.45, 7) is 14.8. The molecule has 0 bridgehead atoms. The van der Waals surface area contributed by atoms with Crippen LogP contribution in [0.4, 0.5) is 4.39 Å². The predicted molar refractivity (Wildman–Crippen MR) is 109 cm³/mol. The van der Waals surface area contributed by atoms with Crippen LogP contribution in [0, 0.1) is 18.3 Å². The average molecular weight is 356 g/mol. The van der Waals surface area contributed by atoms with Crippen molar-refractivity contribution in [2.45, 2.75) is 40.5 Å². The maximum absolute atomic E-state index is 13.8. The van der Waals surface area contributed by atoms with Crippen molar-refractivity contribution in [1.29, 1.82) is 0 Å². The Labute approximate surface area is 157 Å². The number of nitrogens with zero attached hydrogens (tertiary/aromatic N) is 1. The summed E-state index contributed by atoms with van der Waals surface area (Å²) in [5.41, 5.74) is 2.38. The Balaban J connectivity index is 5.12. The minimum Gasteiger partial charge on any atom is -0.349 e. The number of hydrogen-bond donors (Lipinski definition) is 1. The summed E-state index contributed by atoms with van der Waals surface area (Å²) >= 11 is 0. The van der Waals surface area contributed by atoms with Gasteiger partial charge in [-0.05, 0) is 51.3 Å². The molecule has 0 radical (unpaired) electrons. The Kier molecular flexibility index (Phi) is 11.4. The van der Waals surface area contributed by atoms with Crippen LogP contribution in [-0.4, -0.2) is 18.2 Å². The summed E-state index contributed by atoms with van der Waals surface area (Å²) < 4.78 is 13.8. The molecule has 0 saturated heterocycles. The first-order valence-corrected chi connectivity index (χ1v) is 8.55. The number of hydrogen-bond acceptors (Lipinski definition) is 2. The van der Waals surface area contributed by atoms with Crippen molar-refractivity contribution in [2.75, 3.05) is 6.54 Å². The fourth-order valence-electron chi connectivity index (χ4n) is 1.86. The molecular formula is C22H29FN2O. The Morgan fingerprint density at radius 2 is 2.04 bits per heavy atom. The number of carbonyl (C=O) groups is 1. The van der Waals surface area contributed by atoms with Gasteiger partial charge in [-0.25, -0.2) is 9.38 Å². The van der Waals surface area contributed by atoms with Crippen LogP contribution in [0.25, 0.3) is 0 Å². The third-order valence-corrected chi connectivity index (χ3v) is 3.50. The van der Waals surface area contributed by atoms with E-state index >= 15 is 0 Å². The number of aliphatic imine (C=N–C) groups is 1. The van der Waals surface area contributed by atoms with Crippen LogP contribution in [0.1, 0.15) is 40.5 Å². The van der Waals surface area contributed by atoms with Crippen molar-refractivity contribution in [3.63, 3.8) is 0 Å². The first kappa shape index (κ1) is 23.3. The molecule has 0 rings (SSSR count). The second-order valence-corrected chi connectivity index (χ2v) is 6.04. The van der Waals surface area contributed by atoms with Gasteiger partial charge in [0.1, 0.15) is 11.5 Å². The molecule has 0 saturated carbocycles. The highest BCUT2D eigenvalue weighted by Crippen LogP contribution is 2.12. The van der Waals surface area contributed by atoms with Crippen LogP contribution in [0.3, 0.4) is 0 Å². The molecule has 0 aromatic heterocycles. The van der Waals surface area contributed by atoms with Gasteiger partial charge in [0.15, 0.2) is 0 Å². The normalized spacial score (nSPS) is 14.5. The number of amides is 1. The lowest BCUT2D eigenvalue weighted by molar-refractivity contribution is -0.114. The molecule has 0 aliphatic carbocycles. The third-order valence-electron chi connectivity index (χ3n) is 3.50. The van der Waals surface area contributed by atoms with E-state index in [2.05, 4.69) is 29.4 Å². The summed E-state index contributed by atoms with van der Waals surface area (Å²) in [7, 11) is 0. The highest BCUT2D eigenvalue weighted by molar-refractivity contribution is 6.43. The maximum atomic E-state index is 13.8. The summed E-state index contributed by atoms with van der Waals surface area (Å²) in [4.78, 5) is 16.6. The van der Waals surface area contributed by atoms with E-state index in [0.29, 0.717) is 24.1 Å². The second-order valence-electron chi connectivity index (χ2n) is 6.04. The lowest BCUT2D eigenvalue weighted by atomic mass is 10.1. The fraction of sp³-hybridized carbons (Fsp3) is 0.364. The van der Waals surface area contributed by atoms with Gasteiger partial charge in [0.05, 0.1) is 5.92 Å². The van der Waals surface area contributed by atoms with Crippen LogP contribution in [0.5, 0.6) is 0 Å². The SMILES string of the molecule is C#CC(/C=C\C(F)=C(/C)CC)CNC(=O)C(/C=C(\C)CC=C)=NC(=C)C. The number of rotatable bonds is 10. The molecule has 26 heavy (non-hydrogen) atoms. The molecule has 1 amide bonds. The zero-order valence-corrected chi connectivity index (χ0v) is 16.2. The summed E-state index contributed by atoms with van der Waals surface area (Å²) in [5, 5.41) is 2.74. The van der Waals surface area contributed by atoms with E-state index in [1.165, 1.54) is 6.08 Å². The minimum atomic E-state index is -0.418. The molecule has 0 spiro atoms. The highest BCUT2D eigenvalue weighted by Gasteiger charge is 2.11. The summed E-state index contributed by atoms with van der Waals surface area (Å²) in [6.07, 6.45) is 13.1. The number of nitrogens with one attached hydrogen (secondary N) is 1. The fourth-order valence-corrected chi connectivity index (χ4v) is 1.86. The van der Waals surface area contributed by atoms with Gasteiger partial charge >= 0.3 is 0 Å². The number of allylic oxidation sites excluding steroid dienone is 6. The molecule has 0 aromatic rings. The molecule has 1 unspecified atom stereocenters. The van der Waals surface area contributed by atoms with E-state index in [1.807, 2.05) is 13.8 Å². The van der Waals surface area contributed by atoms with E-state index in [4.69, 9.17) is 6.42 Å². The first-order valence-electron chi connectivity index (χ1n) is 8.55. The smallest absolute Gasteiger partial charge is 0.269 e. The molecule has 140 valence electrons. The van der Waals surface area contributed by atoms with E-state index < -0.39 is 5.92 Å². The van der Waals surface area contributed by atoms with Crippen molar-refractivity contribution < 1.29 is 9.18 Å². The highest BCUT2D eigenvalue weighted by atomic mass is 19.1. The van der Waals surface area contributed by atoms with Crippen molar-refractivity contribution in [3.8, 4) is 12.3 Å². The molecule has 0 aliphatic rings. The van der Waals surface area contributed by atoms with Crippen LogP contribution >= 0.6 is 0 Å². The van der Waals surface area contributed by atoms with Crippen molar-refractivity contribution in [2.24, 2.45) is 10.9 Å². The lowest BCUT2D eigenvalue weighted by Gasteiger charge is -2.09. The van der Waals surface area contributed by atoms with E-state index in [1.54, 1.807) is 32.1 Å². The molecule has 0 aliphatic heterocycles. The number of halogens is 1. The molecule has 0 fully saturated rings. The average Bonchev–Trinajstić information content (AvgIpc) is 2.59. The van der Waals surface area contributed by atoms with Gasteiger partial charge in [-0.3, -0.25) is 4.79 Å². The maximum Gasteiger partial charge on any atom is 0.269 e. The quantitative estimate of drug-likeness (QED) is 0.253. The van der Waals surface area contributed by atoms with Gasteiger partial charge in [0.25, 0.3) is 5.91 Å². The van der Waals surface area contributed by atoms with E-state index in [9.17, 15) is 9.18 Å². The Hall–Kier alpha value is -2.67. The van der Waals surface area contributed by atoms with Gasteiger partial charge in [-0.15, -0.1) is 13.0 Å². The predicted octanol–water partition coefficient (Wildman–Crippen LogP) is 5.06. The molecule has 1 atom stereocenters.